The van der Waals surface area contributed by atoms with Crippen LogP contribution in [0.1, 0.15) is 10.4 Å². The first-order chi connectivity index (χ1) is 14.0. The van der Waals surface area contributed by atoms with Gasteiger partial charge in [-0.25, -0.2) is 9.97 Å². The lowest BCUT2D eigenvalue weighted by Crippen LogP contribution is -2.15. The molecule has 0 aliphatic rings. The van der Waals surface area contributed by atoms with Crippen LogP contribution in [0.4, 0.5) is 5.69 Å². The molecule has 0 saturated carbocycles. The lowest BCUT2D eigenvalue weighted by atomic mass is 10.0. The molecule has 7 heteroatoms. The molecule has 0 radical (unpaired) electrons. The number of aryl methyl sites for hydroxylation is 1. The Labute approximate surface area is 182 Å². The van der Waals surface area contributed by atoms with Gasteiger partial charge in [0.1, 0.15) is 16.2 Å². The highest BCUT2D eigenvalue weighted by Gasteiger charge is 2.18. The van der Waals surface area contributed by atoms with E-state index in [1.165, 1.54) is 16.6 Å². The highest BCUT2D eigenvalue weighted by molar-refractivity contribution is 8.00. The van der Waals surface area contributed by atoms with Crippen LogP contribution in [-0.2, 0) is 4.79 Å². The minimum absolute atomic E-state index is 0.0969. The third kappa shape index (κ3) is 4.15. The molecule has 0 spiro atoms. The largest absolute Gasteiger partial charge is 0.325 e. The van der Waals surface area contributed by atoms with Gasteiger partial charge in [-0.15, -0.1) is 11.3 Å². The second-order valence-corrected chi connectivity index (χ2v) is 9.08. The molecule has 2 heterocycles. The number of hydrogen-bond donors (Lipinski definition) is 1. The standard InChI is InChI=1S/C22H18ClN3OS2/c1-13-16(23)9-6-10-17(13)26-18(27)11-28-21-20-19(15-7-4-3-5-8-15)14(2)29-22(20)25-12-24-21/h3-10,12H,11H2,1-2H3,(H,26,27). The zero-order valence-electron chi connectivity index (χ0n) is 15.9. The summed E-state index contributed by atoms with van der Waals surface area (Å²) >= 11 is 9.21. The molecule has 4 aromatic rings. The maximum atomic E-state index is 12.5. The van der Waals surface area contributed by atoms with E-state index in [1.54, 1.807) is 17.7 Å². The highest BCUT2D eigenvalue weighted by atomic mass is 35.5. The van der Waals surface area contributed by atoms with Crippen LogP contribution in [0.2, 0.25) is 5.02 Å². The fourth-order valence-electron chi connectivity index (χ4n) is 3.14. The molecule has 0 aliphatic heterocycles. The van der Waals surface area contributed by atoms with E-state index in [9.17, 15) is 4.79 Å². The summed E-state index contributed by atoms with van der Waals surface area (Å²) in [5.41, 5.74) is 3.86. The van der Waals surface area contributed by atoms with Crippen molar-refractivity contribution in [1.29, 1.82) is 0 Å². The van der Waals surface area contributed by atoms with E-state index >= 15 is 0 Å². The van der Waals surface area contributed by atoms with Crippen LogP contribution in [0.3, 0.4) is 0 Å². The van der Waals surface area contributed by atoms with Gasteiger partial charge in [0.25, 0.3) is 0 Å². The lowest BCUT2D eigenvalue weighted by molar-refractivity contribution is -0.113. The summed E-state index contributed by atoms with van der Waals surface area (Å²) in [6, 6.07) is 15.7. The van der Waals surface area contributed by atoms with Crippen LogP contribution in [0.25, 0.3) is 21.3 Å². The normalized spacial score (nSPS) is 11.0. The van der Waals surface area contributed by atoms with Gasteiger partial charge in [0.15, 0.2) is 0 Å². The predicted molar refractivity (Wildman–Crippen MR) is 123 cm³/mol. The number of nitrogens with one attached hydrogen (secondary N) is 1. The summed E-state index contributed by atoms with van der Waals surface area (Å²) < 4.78 is 0. The number of halogens is 1. The number of anilines is 1. The summed E-state index contributed by atoms with van der Waals surface area (Å²) in [7, 11) is 0. The number of amides is 1. The second kappa shape index (κ2) is 8.53. The molecule has 4 nitrogen and oxygen atoms in total. The molecular formula is C22H18ClN3OS2. The van der Waals surface area contributed by atoms with Crippen molar-refractivity contribution in [2.45, 2.75) is 18.9 Å². The zero-order valence-corrected chi connectivity index (χ0v) is 18.3. The zero-order chi connectivity index (χ0) is 20.4. The molecule has 0 aliphatic carbocycles. The Kier molecular flexibility index (Phi) is 5.85. The van der Waals surface area contributed by atoms with Crippen molar-refractivity contribution in [2.24, 2.45) is 0 Å². The number of thioether (sulfide) groups is 1. The molecule has 0 saturated heterocycles. The van der Waals surface area contributed by atoms with Crippen molar-refractivity contribution in [3.63, 3.8) is 0 Å². The van der Waals surface area contributed by atoms with Crippen molar-refractivity contribution in [3.05, 3.63) is 70.3 Å². The van der Waals surface area contributed by atoms with Crippen molar-refractivity contribution in [3.8, 4) is 11.1 Å². The van der Waals surface area contributed by atoms with Crippen LogP contribution >= 0.6 is 34.7 Å². The molecule has 2 aromatic heterocycles. The van der Waals surface area contributed by atoms with Gasteiger partial charge >= 0.3 is 0 Å². The Morgan fingerprint density at radius 2 is 1.90 bits per heavy atom. The number of rotatable bonds is 5. The highest BCUT2D eigenvalue weighted by Crippen LogP contribution is 2.41. The number of carbonyl (C=O) groups excluding carboxylic acids is 1. The summed E-state index contributed by atoms with van der Waals surface area (Å²) in [5.74, 6) is 0.154. The monoisotopic (exact) mass is 439 g/mol. The Morgan fingerprint density at radius 3 is 2.69 bits per heavy atom. The minimum atomic E-state index is -0.0969. The van der Waals surface area contributed by atoms with Gasteiger partial charge < -0.3 is 5.32 Å². The first-order valence-corrected chi connectivity index (χ1v) is 11.2. The molecule has 0 atom stereocenters. The van der Waals surface area contributed by atoms with E-state index in [4.69, 9.17) is 11.6 Å². The first kappa shape index (κ1) is 19.9. The Morgan fingerprint density at radius 1 is 1.10 bits per heavy atom. The van der Waals surface area contributed by atoms with Gasteiger partial charge in [0, 0.05) is 21.2 Å². The summed E-state index contributed by atoms with van der Waals surface area (Å²) in [4.78, 5) is 23.6. The quantitative estimate of drug-likeness (QED) is 0.290. The van der Waals surface area contributed by atoms with E-state index in [2.05, 4.69) is 34.3 Å². The number of fused-ring (bicyclic) bond motifs is 1. The van der Waals surface area contributed by atoms with Crippen LogP contribution in [0.15, 0.2) is 59.9 Å². The molecule has 0 unspecified atom stereocenters. The van der Waals surface area contributed by atoms with E-state index in [0.29, 0.717) is 5.02 Å². The third-order valence-electron chi connectivity index (χ3n) is 4.57. The number of nitrogens with zero attached hydrogens (tertiary/aromatic N) is 2. The van der Waals surface area contributed by atoms with E-state index in [1.807, 2.05) is 43.3 Å². The molecule has 146 valence electrons. The molecule has 0 bridgehead atoms. The number of benzene rings is 2. The SMILES string of the molecule is Cc1sc2ncnc(SCC(=O)Nc3cccc(Cl)c3C)c2c1-c1ccccc1. The number of carbonyl (C=O) groups is 1. The van der Waals surface area contributed by atoms with Gasteiger partial charge in [-0.3, -0.25) is 4.79 Å². The van der Waals surface area contributed by atoms with Gasteiger partial charge in [0.2, 0.25) is 5.91 Å². The fourth-order valence-corrected chi connectivity index (χ4v) is 5.20. The predicted octanol–water partition coefficient (Wildman–Crippen LogP) is 6.36. The first-order valence-electron chi connectivity index (χ1n) is 9.02. The van der Waals surface area contributed by atoms with Crippen molar-refractivity contribution < 1.29 is 4.79 Å². The molecule has 1 N–H and O–H groups in total. The second-order valence-electron chi connectivity index (χ2n) is 6.51. The summed E-state index contributed by atoms with van der Waals surface area (Å²) in [6.07, 6.45) is 1.56. The average molecular weight is 440 g/mol. The molecular weight excluding hydrogens is 422 g/mol. The van der Waals surface area contributed by atoms with Crippen LogP contribution < -0.4 is 5.32 Å². The van der Waals surface area contributed by atoms with Crippen molar-refractivity contribution in [1.82, 2.24) is 9.97 Å². The number of thiophene rings is 1. The smallest absolute Gasteiger partial charge is 0.234 e. The molecule has 0 fully saturated rings. The average Bonchev–Trinajstić information content (AvgIpc) is 3.07. The molecule has 2 aromatic carbocycles. The van der Waals surface area contributed by atoms with E-state index in [0.717, 1.165) is 37.6 Å². The van der Waals surface area contributed by atoms with Crippen LogP contribution in [0, 0.1) is 13.8 Å². The van der Waals surface area contributed by atoms with Crippen molar-refractivity contribution in [2.75, 3.05) is 11.1 Å². The molecule has 1 amide bonds. The maximum Gasteiger partial charge on any atom is 0.234 e. The third-order valence-corrected chi connectivity index (χ3v) is 6.99. The van der Waals surface area contributed by atoms with Gasteiger partial charge in [-0.05, 0) is 37.1 Å². The maximum absolute atomic E-state index is 12.5. The van der Waals surface area contributed by atoms with Gasteiger partial charge in [-0.2, -0.15) is 0 Å². The summed E-state index contributed by atoms with van der Waals surface area (Å²) in [5, 5.41) is 5.40. The van der Waals surface area contributed by atoms with E-state index in [-0.39, 0.29) is 11.7 Å². The molecule has 29 heavy (non-hydrogen) atoms. The van der Waals surface area contributed by atoms with Gasteiger partial charge in [-0.1, -0.05) is 59.8 Å². The molecule has 4 rings (SSSR count). The topological polar surface area (TPSA) is 54.9 Å². The number of hydrogen-bond acceptors (Lipinski definition) is 5. The Hall–Kier alpha value is -2.41. The lowest BCUT2D eigenvalue weighted by Gasteiger charge is -2.10. The fraction of sp³-hybridized carbons (Fsp3) is 0.136. The minimum Gasteiger partial charge on any atom is -0.325 e. The van der Waals surface area contributed by atoms with Crippen molar-refractivity contribution >= 4 is 56.5 Å². The Bertz CT molecular complexity index is 1190. The van der Waals surface area contributed by atoms with Gasteiger partial charge in [0.05, 0.1) is 11.1 Å². The van der Waals surface area contributed by atoms with Crippen LogP contribution in [0.5, 0.6) is 0 Å². The Balaban J connectivity index is 1.60. The van der Waals surface area contributed by atoms with Crippen LogP contribution in [-0.4, -0.2) is 21.6 Å². The van der Waals surface area contributed by atoms with E-state index < -0.39 is 0 Å². The summed E-state index contributed by atoms with van der Waals surface area (Å²) in [6.45, 7) is 3.98. The number of aromatic nitrogens is 2.